The maximum Gasteiger partial charge on any atom is 0.114 e. The molecule has 194 valence electrons. The molecule has 5 atom stereocenters. The number of ether oxygens (including phenoxy) is 2. The molecule has 0 aromatic carbocycles. The monoisotopic (exact) mass is 506 g/mol. The Balaban J connectivity index is 1.41. The molecule has 3 aliphatic carbocycles. The summed E-state index contributed by atoms with van der Waals surface area (Å²) in [5.74, 6) is 1.37. The van der Waals surface area contributed by atoms with Crippen LogP contribution in [0.5, 0.6) is 0 Å². The minimum absolute atomic E-state index is 0.0219. The predicted octanol–water partition coefficient (Wildman–Crippen LogP) is 4.47. The molecule has 0 aromatic rings. The van der Waals surface area contributed by atoms with E-state index in [2.05, 4.69) is 27.3 Å². The number of methoxy groups -OCH3 is 2. The molecule has 0 amide bonds. The van der Waals surface area contributed by atoms with E-state index in [1.165, 1.54) is 22.4 Å². The SMILES string of the molecule is COC1=C([C@@H]2CCC3=C(C2)[C@@H](N[C@H]2CCC(F)=C(Cl)C2)N[C@@H](C2=CCCNC2)N3)[C@@H](OC)CCC1. The van der Waals surface area contributed by atoms with E-state index < -0.39 is 0 Å². The zero-order valence-corrected chi connectivity index (χ0v) is 21.8. The third-order valence-corrected chi connectivity index (χ3v) is 8.73. The van der Waals surface area contributed by atoms with Crippen LogP contribution in [0, 0.1) is 5.92 Å². The molecule has 2 aliphatic heterocycles. The molecule has 0 saturated carbocycles. The van der Waals surface area contributed by atoms with Crippen molar-refractivity contribution in [1.82, 2.24) is 21.3 Å². The summed E-state index contributed by atoms with van der Waals surface area (Å²) in [5.41, 5.74) is 5.46. The minimum atomic E-state index is -0.154. The molecule has 0 radical (unpaired) electrons. The van der Waals surface area contributed by atoms with E-state index in [1.807, 2.05) is 7.11 Å². The van der Waals surface area contributed by atoms with Crippen LogP contribution in [0.15, 0.2) is 45.1 Å². The van der Waals surface area contributed by atoms with E-state index in [4.69, 9.17) is 21.1 Å². The van der Waals surface area contributed by atoms with E-state index in [-0.39, 0.29) is 30.3 Å². The third kappa shape index (κ3) is 5.49. The van der Waals surface area contributed by atoms with Crippen molar-refractivity contribution in [2.24, 2.45) is 5.92 Å². The van der Waals surface area contributed by atoms with E-state index >= 15 is 0 Å². The lowest BCUT2D eigenvalue weighted by atomic mass is 9.75. The van der Waals surface area contributed by atoms with Crippen molar-refractivity contribution in [3.63, 3.8) is 0 Å². The van der Waals surface area contributed by atoms with Crippen LogP contribution in [0.4, 0.5) is 4.39 Å². The van der Waals surface area contributed by atoms with Crippen molar-refractivity contribution in [3.05, 3.63) is 45.1 Å². The quantitative estimate of drug-likeness (QED) is 0.399. The van der Waals surface area contributed by atoms with Crippen LogP contribution in [0.25, 0.3) is 0 Å². The molecule has 0 unspecified atom stereocenters. The second-order valence-electron chi connectivity index (χ2n) is 10.5. The third-order valence-electron chi connectivity index (χ3n) is 8.37. The average molecular weight is 507 g/mol. The molecule has 4 N–H and O–H groups in total. The Labute approximate surface area is 213 Å². The van der Waals surface area contributed by atoms with E-state index in [0.717, 1.165) is 70.2 Å². The van der Waals surface area contributed by atoms with Gasteiger partial charge in [0.2, 0.25) is 0 Å². The molecule has 6 nitrogen and oxygen atoms in total. The standard InChI is InChI=1S/C27H40ClFN4O2/c1-34-23-6-3-7-24(35-2)25(23)16-8-11-22-19(13-16)27(31-18-9-10-21(29)20(28)14-18)33-26(32-22)17-5-4-12-30-15-17/h5,16,18,23,26-27,30-33H,3-4,6-15H2,1-2H3/t16-,18+,23+,26+,27+/m1/s1. The molecule has 2 heterocycles. The topological polar surface area (TPSA) is 66.6 Å². The van der Waals surface area contributed by atoms with Gasteiger partial charge in [-0.05, 0) is 74.1 Å². The number of rotatable bonds is 6. The molecule has 35 heavy (non-hydrogen) atoms. The van der Waals surface area contributed by atoms with Crippen LogP contribution in [-0.2, 0) is 9.47 Å². The number of hydrogen-bond donors (Lipinski definition) is 4. The van der Waals surface area contributed by atoms with E-state index in [9.17, 15) is 4.39 Å². The highest BCUT2D eigenvalue weighted by Crippen LogP contribution is 2.42. The Hall–Kier alpha value is -1.38. The largest absolute Gasteiger partial charge is 0.501 e. The van der Waals surface area contributed by atoms with Crippen LogP contribution in [0.1, 0.15) is 64.2 Å². The van der Waals surface area contributed by atoms with Crippen molar-refractivity contribution in [2.75, 3.05) is 27.3 Å². The van der Waals surface area contributed by atoms with Crippen LogP contribution >= 0.6 is 11.6 Å². The molecular weight excluding hydrogens is 467 g/mol. The zero-order valence-electron chi connectivity index (χ0n) is 21.0. The molecule has 0 aromatic heterocycles. The van der Waals surface area contributed by atoms with Gasteiger partial charge in [0.1, 0.15) is 12.0 Å². The fourth-order valence-corrected chi connectivity index (χ4v) is 6.82. The van der Waals surface area contributed by atoms with Crippen molar-refractivity contribution in [1.29, 1.82) is 0 Å². The van der Waals surface area contributed by atoms with Crippen LogP contribution in [-0.4, -0.2) is 51.8 Å². The first kappa shape index (κ1) is 25.3. The first-order valence-electron chi connectivity index (χ1n) is 13.3. The van der Waals surface area contributed by atoms with Crippen LogP contribution in [0.3, 0.4) is 0 Å². The van der Waals surface area contributed by atoms with E-state index in [1.54, 1.807) is 7.11 Å². The molecule has 5 aliphatic rings. The summed E-state index contributed by atoms with van der Waals surface area (Å²) in [7, 11) is 3.62. The maximum atomic E-state index is 13.9. The lowest BCUT2D eigenvalue weighted by Gasteiger charge is -2.45. The Bertz CT molecular complexity index is 930. The van der Waals surface area contributed by atoms with Gasteiger partial charge in [0.15, 0.2) is 0 Å². The van der Waals surface area contributed by atoms with Gasteiger partial charge in [-0.25, -0.2) is 4.39 Å². The lowest BCUT2D eigenvalue weighted by molar-refractivity contribution is 0.0903. The number of nitrogens with one attached hydrogen (secondary N) is 4. The summed E-state index contributed by atoms with van der Waals surface area (Å²) in [5, 5.41) is 15.4. The number of halogens is 2. The van der Waals surface area contributed by atoms with Gasteiger partial charge in [0, 0.05) is 44.7 Å². The summed E-state index contributed by atoms with van der Waals surface area (Å²) in [6.07, 6.45) is 11.6. The van der Waals surface area contributed by atoms with Crippen LogP contribution < -0.4 is 21.3 Å². The van der Waals surface area contributed by atoms with Gasteiger partial charge >= 0.3 is 0 Å². The van der Waals surface area contributed by atoms with Gasteiger partial charge in [-0.3, -0.25) is 10.6 Å². The van der Waals surface area contributed by atoms with Crippen molar-refractivity contribution in [3.8, 4) is 0 Å². The molecule has 0 fully saturated rings. The summed E-state index contributed by atoms with van der Waals surface area (Å²) >= 11 is 6.22. The fraction of sp³-hybridized carbons (Fsp3) is 0.704. The smallest absolute Gasteiger partial charge is 0.114 e. The maximum absolute atomic E-state index is 13.9. The summed E-state index contributed by atoms with van der Waals surface area (Å²) in [4.78, 5) is 0. The minimum Gasteiger partial charge on any atom is -0.501 e. The molecular formula is C27H40ClFN4O2. The van der Waals surface area contributed by atoms with Crippen LogP contribution in [0.2, 0.25) is 0 Å². The normalized spacial score (nSPS) is 34.4. The summed E-state index contributed by atoms with van der Waals surface area (Å²) in [6, 6.07) is 0.154. The highest BCUT2D eigenvalue weighted by Gasteiger charge is 2.39. The van der Waals surface area contributed by atoms with Gasteiger partial charge in [0.05, 0.1) is 30.2 Å². The average Bonchev–Trinajstić information content (AvgIpc) is 2.90. The molecule has 8 heteroatoms. The second-order valence-corrected chi connectivity index (χ2v) is 10.9. The van der Waals surface area contributed by atoms with Crippen molar-refractivity contribution >= 4 is 11.6 Å². The summed E-state index contributed by atoms with van der Waals surface area (Å²) in [6.45, 7) is 1.93. The summed E-state index contributed by atoms with van der Waals surface area (Å²) < 4.78 is 25.7. The predicted molar refractivity (Wildman–Crippen MR) is 137 cm³/mol. The second kappa shape index (κ2) is 11.3. The molecule has 5 rings (SSSR count). The molecule has 0 bridgehead atoms. The van der Waals surface area contributed by atoms with Gasteiger partial charge < -0.3 is 20.1 Å². The first-order chi connectivity index (χ1) is 17.1. The Morgan fingerprint density at radius 1 is 1.11 bits per heavy atom. The first-order valence-corrected chi connectivity index (χ1v) is 13.7. The Morgan fingerprint density at radius 2 is 2.00 bits per heavy atom. The highest BCUT2D eigenvalue weighted by atomic mass is 35.5. The van der Waals surface area contributed by atoms with Gasteiger partial charge in [-0.15, -0.1) is 0 Å². The Kier molecular flexibility index (Phi) is 8.19. The zero-order chi connectivity index (χ0) is 24.4. The number of allylic oxidation sites excluding steroid dienone is 3. The Morgan fingerprint density at radius 3 is 2.74 bits per heavy atom. The van der Waals surface area contributed by atoms with Crippen molar-refractivity contribution in [2.45, 2.75) is 88.7 Å². The molecule has 0 spiro atoms. The number of hydrogen-bond acceptors (Lipinski definition) is 6. The lowest BCUT2D eigenvalue weighted by Crippen LogP contribution is -2.62. The fourth-order valence-electron chi connectivity index (χ4n) is 6.53. The highest BCUT2D eigenvalue weighted by molar-refractivity contribution is 6.29. The van der Waals surface area contributed by atoms with Gasteiger partial charge in [-0.1, -0.05) is 17.7 Å². The molecule has 0 saturated heterocycles. The van der Waals surface area contributed by atoms with Gasteiger partial charge in [0.25, 0.3) is 0 Å². The van der Waals surface area contributed by atoms with Crippen molar-refractivity contribution < 1.29 is 13.9 Å². The van der Waals surface area contributed by atoms with E-state index in [0.29, 0.717) is 23.8 Å². The van der Waals surface area contributed by atoms with Gasteiger partial charge in [-0.2, -0.15) is 0 Å².